The Bertz CT molecular complexity index is 980. The number of rotatable bonds is 3. The Hall–Kier alpha value is -2.69. The Morgan fingerprint density at radius 2 is 1.64 bits per heavy atom. The molecular formula is C23H26N2O3. The van der Waals surface area contributed by atoms with E-state index in [9.17, 15) is 14.4 Å². The first-order valence-electron chi connectivity index (χ1n) is 10.2. The van der Waals surface area contributed by atoms with E-state index in [2.05, 4.69) is 13.8 Å². The normalized spacial score (nSPS) is 16.5. The number of aromatic nitrogens is 1. The molecule has 1 aromatic heterocycles. The molecule has 2 heterocycles. The number of benzene rings is 1. The topological polar surface area (TPSA) is 59.4 Å². The van der Waals surface area contributed by atoms with Crippen LogP contribution in [-0.4, -0.2) is 34.2 Å². The molecular weight excluding hydrogens is 352 g/mol. The van der Waals surface area contributed by atoms with Gasteiger partial charge < -0.3 is 4.90 Å². The molecule has 28 heavy (non-hydrogen) atoms. The van der Waals surface area contributed by atoms with E-state index in [0.29, 0.717) is 37.4 Å². The van der Waals surface area contributed by atoms with Crippen molar-refractivity contribution in [2.45, 2.75) is 51.9 Å². The van der Waals surface area contributed by atoms with Gasteiger partial charge in [0.1, 0.15) is 5.56 Å². The SMILES string of the molecule is CC(C)c1ccc(-n2c3c(cc(C(=O)N4CCCC4)c2=O)C(=O)CCC3)cc1. The third-order valence-electron chi connectivity index (χ3n) is 5.86. The Kier molecular flexibility index (Phi) is 4.92. The Balaban J connectivity index is 1.89. The minimum Gasteiger partial charge on any atom is -0.338 e. The molecule has 0 N–H and O–H groups in total. The molecule has 1 amide bonds. The predicted octanol–water partition coefficient (Wildman–Crippen LogP) is 3.72. The molecule has 1 saturated heterocycles. The van der Waals surface area contributed by atoms with Gasteiger partial charge in [-0.1, -0.05) is 26.0 Å². The molecule has 2 aliphatic rings. The van der Waals surface area contributed by atoms with Crippen LogP contribution in [0.5, 0.6) is 0 Å². The number of hydrogen-bond donors (Lipinski definition) is 0. The first-order chi connectivity index (χ1) is 13.5. The van der Waals surface area contributed by atoms with Gasteiger partial charge in [0.15, 0.2) is 5.78 Å². The van der Waals surface area contributed by atoms with Crippen LogP contribution < -0.4 is 5.56 Å². The predicted molar refractivity (Wildman–Crippen MR) is 109 cm³/mol. The van der Waals surface area contributed by atoms with Crippen LogP contribution in [0.3, 0.4) is 0 Å². The summed E-state index contributed by atoms with van der Waals surface area (Å²) in [6, 6.07) is 9.41. The molecule has 4 rings (SSSR count). The highest BCUT2D eigenvalue weighted by molar-refractivity contribution is 6.02. The maximum Gasteiger partial charge on any atom is 0.268 e. The number of hydrogen-bond acceptors (Lipinski definition) is 3. The number of carbonyl (C=O) groups is 2. The summed E-state index contributed by atoms with van der Waals surface area (Å²) in [7, 11) is 0. The van der Waals surface area contributed by atoms with E-state index in [1.165, 1.54) is 5.56 Å². The zero-order valence-corrected chi connectivity index (χ0v) is 16.5. The largest absolute Gasteiger partial charge is 0.338 e. The number of pyridine rings is 1. The van der Waals surface area contributed by atoms with Crippen LogP contribution in [0.25, 0.3) is 5.69 Å². The molecule has 146 valence electrons. The number of fused-ring (bicyclic) bond motifs is 1. The van der Waals surface area contributed by atoms with E-state index in [-0.39, 0.29) is 22.8 Å². The van der Waals surface area contributed by atoms with Crippen molar-refractivity contribution >= 4 is 11.7 Å². The Morgan fingerprint density at radius 3 is 2.29 bits per heavy atom. The first-order valence-corrected chi connectivity index (χ1v) is 10.2. The van der Waals surface area contributed by atoms with Crippen molar-refractivity contribution in [3.05, 3.63) is 63.1 Å². The van der Waals surface area contributed by atoms with Crippen molar-refractivity contribution in [3.63, 3.8) is 0 Å². The number of Topliss-reactive ketones (excluding diaryl/α,β-unsaturated/α-hetero) is 1. The quantitative estimate of drug-likeness (QED) is 0.818. The number of amides is 1. The van der Waals surface area contributed by atoms with Gasteiger partial charge in [0.25, 0.3) is 11.5 Å². The van der Waals surface area contributed by atoms with E-state index in [0.717, 1.165) is 30.6 Å². The zero-order valence-electron chi connectivity index (χ0n) is 16.5. The highest BCUT2D eigenvalue weighted by Crippen LogP contribution is 2.25. The number of likely N-dealkylation sites (tertiary alicyclic amines) is 1. The lowest BCUT2D eigenvalue weighted by Gasteiger charge is -2.23. The van der Waals surface area contributed by atoms with Gasteiger partial charge in [-0.15, -0.1) is 0 Å². The van der Waals surface area contributed by atoms with E-state index in [4.69, 9.17) is 0 Å². The Morgan fingerprint density at radius 1 is 0.964 bits per heavy atom. The van der Waals surface area contributed by atoms with Gasteiger partial charge in [-0.2, -0.15) is 0 Å². The van der Waals surface area contributed by atoms with Crippen LogP contribution in [-0.2, 0) is 6.42 Å². The summed E-state index contributed by atoms with van der Waals surface area (Å²) in [4.78, 5) is 40.7. The molecule has 0 radical (unpaired) electrons. The maximum absolute atomic E-state index is 13.4. The summed E-state index contributed by atoms with van der Waals surface area (Å²) in [5, 5.41) is 0. The van der Waals surface area contributed by atoms with E-state index < -0.39 is 0 Å². The molecule has 0 unspecified atom stereocenters. The monoisotopic (exact) mass is 378 g/mol. The fraction of sp³-hybridized carbons (Fsp3) is 0.435. The molecule has 0 bridgehead atoms. The van der Waals surface area contributed by atoms with Gasteiger partial charge in [-0.25, -0.2) is 0 Å². The molecule has 1 aromatic carbocycles. The van der Waals surface area contributed by atoms with Crippen LogP contribution in [0.4, 0.5) is 0 Å². The lowest BCUT2D eigenvalue weighted by molar-refractivity contribution is 0.0790. The van der Waals surface area contributed by atoms with Crippen LogP contribution in [0.1, 0.15) is 77.4 Å². The molecule has 0 atom stereocenters. The molecule has 0 saturated carbocycles. The summed E-state index contributed by atoms with van der Waals surface area (Å²) < 4.78 is 1.60. The minimum atomic E-state index is -0.317. The molecule has 1 aliphatic heterocycles. The van der Waals surface area contributed by atoms with Crippen LogP contribution >= 0.6 is 0 Å². The summed E-state index contributed by atoms with van der Waals surface area (Å²) in [6.07, 6.45) is 3.78. The third-order valence-corrected chi connectivity index (χ3v) is 5.86. The molecule has 5 heteroatoms. The van der Waals surface area contributed by atoms with E-state index >= 15 is 0 Å². The smallest absolute Gasteiger partial charge is 0.268 e. The molecule has 1 fully saturated rings. The highest BCUT2D eigenvalue weighted by atomic mass is 16.2. The maximum atomic E-state index is 13.4. The van der Waals surface area contributed by atoms with E-state index in [1.807, 2.05) is 24.3 Å². The average molecular weight is 378 g/mol. The summed E-state index contributed by atoms with van der Waals surface area (Å²) >= 11 is 0. The fourth-order valence-corrected chi connectivity index (χ4v) is 4.22. The van der Waals surface area contributed by atoms with Gasteiger partial charge in [0.05, 0.1) is 0 Å². The van der Waals surface area contributed by atoms with Crippen molar-refractivity contribution in [2.24, 2.45) is 0 Å². The molecule has 1 aliphatic carbocycles. The van der Waals surface area contributed by atoms with Crippen LogP contribution in [0, 0.1) is 0 Å². The second-order valence-electron chi connectivity index (χ2n) is 8.08. The molecule has 5 nitrogen and oxygen atoms in total. The summed E-state index contributed by atoms with van der Waals surface area (Å²) in [6.45, 7) is 5.59. The highest BCUT2D eigenvalue weighted by Gasteiger charge is 2.29. The fourth-order valence-electron chi connectivity index (χ4n) is 4.22. The van der Waals surface area contributed by atoms with Crippen molar-refractivity contribution in [3.8, 4) is 5.69 Å². The number of carbonyl (C=O) groups excluding carboxylic acids is 2. The van der Waals surface area contributed by atoms with Crippen LogP contribution in [0.15, 0.2) is 35.1 Å². The van der Waals surface area contributed by atoms with Crippen LogP contribution in [0.2, 0.25) is 0 Å². The van der Waals surface area contributed by atoms with Crippen molar-refractivity contribution in [2.75, 3.05) is 13.1 Å². The summed E-state index contributed by atoms with van der Waals surface area (Å²) in [5.41, 5.74) is 2.96. The van der Waals surface area contributed by atoms with Crippen molar-refractivity contribution in [1.82, 2.24) is 9.47 Å². The second kappa shape index (κ2) is 7.38. The standard InChI is InChI=1S/C23H26N2O3/c1-15(2)16-8-10-17(11-9-16)25-20-6-5-7-21(26)18(20)14-19(23(25)28)22(27)24-12-3-4-13-24/h8-11,14-15H,3-7,12-13H2,1-2H3. The van der Waals surface area contributed by atoms with E-state index in [1.54, 1.807) is 15.5 Å². The first kappa shape index (κ1) is 18.7. The molecule has 0 spiro atoms. The zero-order chi connectivity index (χ0) is 19.8. The van der Waals surface area contributed by atoms with Gasteiger partial charge in [-0.05, 0) is 55.4 Å². The van der Waals surface area contributed by atoms with Gasteiger partial charge >= 0.3 is 0 Å². The lowest BCUT2D eigenvalue weighted by Crippen LogP contribution is -2.37. The van der Waals surface area contributed by atoms with Gasteiger partial charge in [-0.3, -0.25) is 19.0 Å². The molecule has 2 aromatic rings. The van der Waals surface area contributed by atoms with Crippen molar-refractivity contribution in [1.29, 1.82) is 0 Å². The number of nitrogens with zero attached hydrogens (tertiary/aromatic N) is 2. The number of ketones is 1. The lowest BCUT2D eigenvalue weighted by atomic mass is 9.92. The minimum absolute atomic E-state index is 0.0178. The second-order valence-corrected chi connectivity index (χ2v) is 8.08. The Labute approximate surface area is 165 Å². The van der Waals surface area contributed by atoms with Crippen molar-refractivity contribution < 1.29 is 9.59 Å². The summed E-state index contributed by atoms with van der Waals surface area (Å²) in [5.74, 6) is 0.157. The third kappa shape index (κ3) is 3.19. The van der Waals surface area contributed by atoms with Gasteiger partial charge in [0, 0.05) is 36.5 Å². The van der Waals surface area contributed by atoms with Gasteiger partial charge in [0.2, 0.25) is 0 Å². The average Bonchev–Trinajstić information content (AvgIpc) is 3.22.